The third-order valence-corrected chi connectivity index (χ3v) is 4.62. The summed E-state index contributed by atoms with van der Waals surface area (Å²) in [7, 11) is 0. The van der Waals surface area contributed by atoms with E-state index in [1.165, 1.54) is 0 Å². The van der Waals surface area contributed by atoms with Gasteiger partial charge in [-0.15, -0.1) is 24.2 Å². The number of hydrogen-bond acceptors (Lipinski definition) is 4. The molecule has 1 atom stereocenters. The molecule has 1 saturated heterocycles. The van der Waals surface area contributed by atoms with Crippen molar-refractivity contribution in [2.24, 2.45) is 0 Å². The van der Waals surface area contributed by atoms with Gasteiger partial charge in [0.05, 0.1) is 18.3 Å². The average Bonchev–Trinajstić information content (AvgIpc) is 2.63. The third-order valence-electron chi connectivity index (χ3n) is 3.82. The Hall–Kier alpha value is -1.53. The Labute approximate surface area is 152 Å². The molecule has 1 aliphatic rings. The number of carbonyl (C=O) groups is 1. The lowest BCUT2D eigenvalue weighted by atomic mass is 10.1. The number of halogens is 1. The molecule has 2 aromatic carbocycles. The fourth-order valence-corrected chi connectivity index (χ4v) is 3.19. The normalized spacial score (nSPS) is 17.0. The molecule has 2 aromatic rings. The SMILES string of the molecule is CSc1ccccc1C(=O)Nc1ccc(C2CNCCO2)cc1.Cl. The van der Waals surface area contributed by atoms with Crippen LogP contribution >= 0.6 is 24.2 Å². The summed E-state index contributed by atoms with van der Waals surface area (Å²) in [5, 5.41) is 6.27. The Morgan fingerprint density at radius 3 is 2.62 bits per heavy atom. The molecular weight excluding hydrogens is 344 g/mol. The van der Waals surface area contributed by atoms with Crippen LogP contribution in [0.3, 0.4) is 0 Å². The molecule has 1 amide bonds. The lowest BCUT2D eigenvalue weighted by molar-refractivity contribution is 0.0277. The molecule has 1 heterocycles. The van der Waals surface area contributed by atoms with Crippen LogP contribution in [-0.2, 0) is 4.74 Å². The van der Waals surface area contributed by atoms with Crippen molar-refractivity contribution >= 4 is 35.8 Å². The number of ether oxygens (including phenoxy) is 1. The molecule has 3 rings (SSSR count). The number of benzene rings is 2. The van der Waals surface area contributed by atoms with Gasteiger partial charge in [0.1, 0.15) is 0 Å². The smallest absolute Gasteiger partial charge is 0.256 e. The topological polar surface area (TPSA) is 50.4 Å². The molecule has 1 fully saturated rings. The first-order chi connectivity index (χ1) is 11.3. The van der Waals surface area contributed by atoms with Crippen LogP contribution in [-0.4, -0.2) is 31.9 Å². The molecule has 0 bridgehead atoms. The Bertz CT molecular complexity index is 673. The number of morpholine rings is 1. The molecule has 6 heteroatoms. The first-order valence-corrected chi connectivity index (χ1v) is 8.87. The van der Waals surface area contributed by atoms with Gasteiger partial charge in [0, 0.05) is 23.7 Å². The molecule has 0 saturated carbocycles. The van der Waals surface area contributed by atoms with Crippen molar-refractivity contribution in [1.29, 1.82) is 0 Å². The molecule has 1 aliphatic heterocycles. The third kappa shape index (κ3) is 4.51. The van der Waals surface area contributed by atoms with Gasteiger partial charge < -0.3 is 15.4 Å². The highest BCUT2D eigenvalue weighted by Crippen LogP contribution is 2.23. The maximum absolute atomic E-state index is 12.4. The van der Waals surface area contributed by atoms with Crippen molar-refractivity contribution in [2.75, 3.05) is 31.3 Å². The van der Waals surface area contributed by atoms with Gasteiger partial charge in [-0.3, -0.25) is 4.79 Å². The zero-order valence-electron chi connectivity index (χ0n) is 13.5. The predicted molar refractivity (Wildman–Crippen MR) is 101 cm³/mol. The van der Waals surface area contributed by atoms with E-state index in [0.717, 1.165) is 35.8 Å². The molecule has 0 radical (unpaired) electrons. The Morgan fingerprint density at radius 2 is 1.96 bits per heavy atom. The molecule has 24 heavy (non-hydrogen) atoms. The van der Waals surface area contributed by atoms with Gasteiger partial charge in [0.25, 0.3) is 5.91 Å². The van der Waals surface area contributed by atoms with Crippen LogP contribution < -0.4 is 10.6 Å². The maximum Gasteiger partial charge on any atom is 0.256 e. The summed E-state index contributed by atoms with van der Waals surface area (Å²) in [5.41, 5.74) is 2.61. The molecular formula is C18H21ClN2O2S. The van der Waals surface area contributed by atoms with Crippen molar-refractivity contribution in [3.05, 3.63) is 59.7 Å². The molecule has 128 valence electrons. The number of nitrogens with one attached hydrogen (secondary N) is 2. The molecule has 0 aromatic heterocycles. The number of hydrogen-bond donors (Lipinski definition) is 2. The zero-order valence-corrected chi connectivity index (χ0v) is 15.1. The van der Waals surface area contributed by atoms with Gasteiger partial charge in [-0.25, -0.2) is 0 Å². The second-order valence-corrected chi connectivity index (χ2v) is 6.19. The van der Waals surface area contributed by atoms with E-state index in [1.807, 2.05) is 54.8 Å². The number of thioether (sulfide) groups is 1. The van der Waals surface area contributed by atoms with Crippen LogP contribution in [0, 0.1) is 0 Å². The van der Waals surface area contributed by atoms with E-state index < -0.39 is 0 Å². The summed E-state index contributed by atoms with van der Waals surface area (Å²) in [4.78, 5) is 13.4. The van der Waals surface area contributed by atoms with E-state index in [4.69, 9.17) is 4.74 Å². The van der Waals surface area contributed by atoms with E-state index in [2.05, 4.69) is 10.6 Å². The predicted octanol–water partition coefficient (Wildman–Crippen LogP) is 3.74. The fraction of sp³-hybridized carbons (Fsp3) is 0.278. The number of anilines is 1. The zero-order chi connectivity index (χ0) is 16.1. The van der Waals surface area contributed by atoms with Crippen LogP contribution in [0.2, 0.25) is 0 Å². The van der Waals surface area contributed by atoms with Gasteiger partial charge in [-0.2, -0.15) is 0 Å². The first kappa shape index (κ1) is 18.8. The van der Waals surface area contributed by atoms with Gasteiger partial charge in [-0.05, 0) is 36.1 Å². The minimum Gasteiger partial charge on any atom is -0.371 e. The molecule has 4 nitrogen and oxygen atoms in total. The summed E-state index contributed by atoms with van der Waals surface area (Å²) in [6.45, 7) is 2.46. The Morgan fingerprint density at radius 1 is 1.21 bits per heavy atom. The minimum atomic E-state index is -0.0849. The van der Waals surface area contributed by atoms with Crippen LogP contribution in [0.5, 0.6) is 0 Å². The van der Waals surface area contributed by atoms with Crippen molar-refractivity contribution in [3.8, 4) is 0 Å². The van der Waals surface area contributed by atoms with E-state index in [1.54, 1.807) is 11.8 Å². The first-order valence-electron chi connectivity index (χ1n) is 7.64. The number of carbonyl (C=O) groups excluding carboxylic acids is 1. The second-order valence-electron chi connectivity index (χ2n) is 5.34. The summed E-state index contributed by atoms with van der Waals surface area (Å²) in [6.07, 6.45) is 2.06. The minimum absolute atomic E-state index is 0. The van der Waals surface area contributed by atoms with Crippen LogP contribution in [0.25, 0.3) is 0 Å². The van der Waals surface area contributed by atoms with E-state index in [-0.39, 0.29) is 24.4 Å². The largest absolute Gasteiger partial charge is 0.371 e. The summed E-state index contributed by atoms with van der Waals surface area (Å²) >= 11 is 1.57. The Kier molecular flexibility index (Phi) is 7.12. The van der Waals surface area contributed by atoms with Gasteiger partial charge in [0.15, 0.2) is 0 Å². The number of rotatable bonds is 4. The highest BCUT2D eigenvalue weighted by molar-refractivity contribution is 7.98. The lowest BCUT2D eigenvalue weighted by Crippen LogP contribution is -2.33. The lowest BCUT2D eigenvalue weighted by Gasteiger charge is -2.24. The quantitative estimate of drug-likeness (QED) is 0.811. The summed E-state index contributed by atoms with van der Waals surface area (Å²) in [5.74, 6) is -0.0849. The van der Waals surface area contributed by atoms with Crippen LogP contribution in [0.1, 0.15) is 22.0 Å². The van der Waals surface area contributed by atoms with Gasteiger partial charge >= 0.3 is 0 Å². The molecule has 1 unspecified atom stereocenters. The van der Waals surface area contributed by atoms with Crippen molar-refractivity contribution in [2.45, 2.75) is 11.0 Å². The molecule has 0 spiro atoms. The van der Waals surface area contributed by atoms with Gasteiger partial charge in [-0.1, -0.05) is 24.3 Å². The van der Waals surface area contributed by atoms with E-state index in [9.17, 15) is 4.79 Å². The van der Waals surface area contributed by atoms with E-state index >= 15 is 0 Å². The average molecular weight is 365 g/mol. The standard InChI is InChI=1S/C18H20N2O2S.ClH/c1-23-17-5-3-2-4-15(17)18(21)20-14-8-6-13(7-9-14)16-12-19-10-11-22-16;/h2-9,16,19H,10-12H2,1H3,(H,20,21);1H. The Balaban J connectivity index is 0.00000208. The van der Waals surface area contributed by atoms with E-state index in [0.29, 0.717) is 5.56 Å². The van der Waals surface area contributed by atoms with Crippen molar-refractivity contribution in [3.63, 3.8) is 0 Å². The second kappa shape index (κ2) is 9.08. The highest BCUT2D eigenvalue weighted by atomic mass is 35.5. The maximum atomic E-state index is 12.4. The van der Waals surface area contributed by atoms with Crippen LogP contribution in [0.15, 0.2) is 53.4 Å². The monoisotopic (exact) mass is 364 g/mol. The van der Waals surface area contributed by atoms with Crippen molar-refractivity contribution in [1.82, 2.24) is 5.32 Å². The fourth-order valence-electron chi connectivity index (χ4n) is 2.59. The van der Waals surface area contributed by atoms with Crippen molar-refractivity contribution < 1.29 is 9.53 Å². The summed E-state index contributed by atoms with van der Waals surface area (Å²) < 4.78 is 5.73. The molecule has 2 N–H and O–H groups in total. The van der Waals surface area contributed by atoms with Crippen LogP contribution in [0.4, 0.5) is 5.69 Å². The number of amides is 1. The summed E-state index contributed by atoms with van der Waals surface area (Å²) in [6, 6.07) is 15.5. The highest BCUT2D eigenvalue weighted by Gasteiger charge is 2.16. The molecule has 0 aliphatic carbocycles. The van der Waals surface area contributed by atoms with Gasteiger partial charge in [0.2, 0.25) is 0 Å².